The van der Waals surface area contributed by atoms with E-state index in [1.165, 1.54) is 12.5 Å². The van der Waals surface area contributed by atoms with Gasteiger partial charge in [-0.15, -0.1) is 0 Å². The fourth-order valence-electron chi connectivity index (χ4n) is 1.23. The number of nitrogens with two attached hydrogens (primary N) is 1. The SMILES string of the molecule is CC(=O)Nc1ccc(C(C)CN)cc1. The van der Waals surface area contributed by atoms with Crippen LogP contribution >= 0.6 is 0 Å². The minimum atomic E-state index is -0.0513. The predicted octanol–water partition coefficient (Wildman–Crippen LogP) is 1.71. The van der Waals surface area contributed by atoms with Crippen molar-refractivity contribution in [1.29, 1.82) is 0 Å². The molecule has 1 aromatic carbocycles. The Balaban J connectivity index is 2.73. The van der Waals surface area contributed by atoms with Gasteiger partial charge in [0.2, 0.25) is 5.91 Å². The molecular weight excluding hydrogens is 176 g/mol. The maximum absolute atomic E-state index is 10.8. The molecule has 1 aromatic rings. The standard InChI is InChI=1S/C11H16N2O/c1-8(7-12)10-3-5-11(6-4-10)13-9(2)14/h3-6,8H,7,12H2,1-2H3,(H,13,14). The van der Waals surface area contributed by atoms with Crippen LogP contribution in [0.25, 0.3) is 0 Å². The van der Waals surface area contributed by atoms with E-state index in [2.05, 4.69) is 12.2 Å². The largest absolute Gasteiger partial charge is 0.330 e. The fraction of sp³-hybridized carbons (Fsp3) is 0.364. The molecule has 0 spiro atoms. The quantitative estimate of drug-likeness (QED) is 0.766. The van der Waals surface area contributed by atoms with Crippen molar-refractivity contribution in [2.24, 2.45) is 5.73 Å². The first-order valence-corrected chi connectivity index (χ1v) is 4.71. The topological polar surface area (TPSA) is 55.1 Å². The number of hydrogen-bond acceptors (Lipinski definition) is 2. The summed E-state index contributed by atoms with van der Waals surface area (Å²) >= 11 is 0. The van der Waals surface area contributed by atoms with Crippen molar-refractivity contribution in [3.05, 3.63) is 29.8 Å². The van der Waals surface area contributed by atoms with E-state index in [1.54, 1.807) is 0 Å². The number of hydrogen-bond donors (Lipinski definition) is 2. The van der Waals surface area contributed by atoms with E-state index >= 15 is 0 Å². The molecule has 0 saturated carbocycles. The lowest BCUT2D eigenvalue weighted by atomic mass is 10.0. The van der Waals surface area contributed by atoms with Gasteiger partial charge < -0.3 is 11.1 Å². The molecule has 3 nitrogen and oxygen atoms in total. The Bertz CT molecular complexity index is 306. The highest BCUT2D eigenvalue weighted by molar-refractivity contribution is 5.88. The number of rotatable bonds is 3. The number of nitrogens with one attached hydrogen (secondary N) is 1. The summed E-state index contributed by atoms with van der Waals surface area (Å²) in [5.74, 6) is 0.311. The lowest BCUT2D eigenvalue weighted by Gasteiger charge is -2.09. The molecule has 76 valence electrons. The predicted molar refractivity (Wildman–Crippen MR) is 58.2 cm³/mol. The second kappa shape index (κ2) is 4.77. The van der Waals surface area contributed by atoms with Crippen LogP contribution < -0.4 is 11.1 Å². The van der Waals surface area contributed by atoms with Gasteiger partial charge in [0.1, 0.15) is 0 Å². The molecule has 1 amide bonds. The van der Waals surface area contributed by atoms with Crippen LogP contribution in [0.5, 0.6) is 0 Å². The van der Waals surface area contributed by atoms with Crippen molar-refractivity contribution in [2.75, 3.05) is 11.9 Å². The molecule has 0 bridgehead atoms. The number of amides is 1. The lowest BCUT2D eigenvalue weighted by Crippen LogP contribution is -2.09. The van der Waals surface area contributed by atoms with Crippen molar-refractivity contribution in [3.63, 3.8) is 0 Å². The van der Waals surface area contributed by atoms with Crippen molar-refractivity contribution in [2.45, 2.75) is 19.8 Å². The summed E-state index contributed by atoms with van der Waals surface area (Å²) in [6, 6.07) is 7.76. The summed E-state index contributed by atoms with van der Waals surface area (Å²) in [6.45, 7) is 4.21. The minimum Gasteiger partial charge on any atom is -0.330 e. The molecule has 0 aliphatic carbocycles. The van der Waals surface area contributed by atoms with Crippen LogP contribution in [-0.4, -0.2) is 12.5 Å². The summed E-state index contributed by atoms with van der Waals surface area (Å²) in [5.41, 5.74) is 7.57. The van der Waals surface area contributed by atoms with Crippen LogP contribution in [0.2, 0.25) is 0 Å². The first-order chi connectivity index (χ1) is 6.63. The van der Waals surface area contributed by atoms with Gasteiger partial charge in [0.25, 0.3) is 0 Å². The Kier molecular flexibility index (Phi) is 3.65. The molecule has 1 unspecified atom stereocenters. The van der Waals surface area contributed by atoms with E-state index in [0.29, 0.717) is 12.5 Å². The summed E-state index contributed by atoms with van der Waals surface area (Å²) in [7, 11) is 0. The highest BCUT2D eigenvalue weighted by atomic mass is 16.1. The highest BCUT2D eigenvalue weighted by Crippen LogP contribution is 2.16. The highest BCUT2D eigenvalue weighted by Gasteiger charge is 2.02. The molecule has 3 N–H and O–H groups in total. The van der Waals surface area contributed by atoms with Gasteiger partial charge in [-0.05, 0) is 30.2 Å². The third-order valence-electron chi connectivity index (χ3n) is 2.15. The van der Waals surface area contributed by atoms with Gasteiger partial charge in [-0.1, -0.05) is 19.1 Å². The van der Waals surface area contributed by atoms with Gasteiger partial charge in [0.15, 0.2) is 0 Å². The molecular formula is C11H16N2O. The smallest absolute Gasteiger partial charge is 0.221 e. The molecule has 0 saturated heterocycles. The van der Waals surface area contributed by atoms with Gasteiger partial charge in [-0.2, -0.15) is 0 Å². The maximum Gasteiger partial charge on any atom is 0.221 e. The molecule has 0 radical (unpaired) electrons. The molecule has 0 aliphatic rings. The van der Waals surface area contributed by atoms with E-state index < -0.39 is 0 Å². The zero-order valence-electron chi connectivity index (χ0n) is 8.58. The van der Waals surface area contributed by atoms with Gasteiger partial charge in [-0.3, -0.25) is 4.79 Å². The Morgan fingerprint density at radius 3 is 2.43 bits per heavy atom. The van der Waals surface area contributed by atoms with Crippen LogP contribution in [-0.2, 0) is 4.79 Å². The zero-order chi connectivity index (χ0) is 10.6. The van der Waals surface area contributed by atoms with E-state index in [1.807, 2.05) is 24.3 Å². The Labute approximate surface area is 84.3 Å². The van der Waals surface area contributed by atoms with Crippen LogP contribution in [0.4, 0.5) is 5.69 Å². The molecule has 1 rings (SSSR count). The van der Waals surface area contributed by atoms with E-state index in [9.17, 15) is 4.79 Å². The van der Waals surface area contributed by atoms with Crippen LogP contribution in [0.3, 0.4) is 0 Å². The second-order valence-electron chi connectivity index (χ2n) is 3.44. The molecule has 1 atom stereocenters. The van der Waals surface area contributed by atoms with Gasteiger partial charge in [0.05, 0.1) is 0 Å². The van der Waals surface area contributed by atoms with Crippen molar-refractivity contribution >= 4 is 11.6 Å². The molecule has 14 heavy (non-hydrogen) atoms. The number of carbonyl (C=O) groups is 1. The Morgan fingerprint density at radius 2 is 2.00 bits per heavy atom. The number of benzene rings is 1. The van der Waals surface area contributed by atoms with E-state index in [4.69, 9.17) is 5.73 Å². The minimum absolute atomic E-state index is 0.0513. The number of carbonyl (C=O) groups excluding carboxylic acids is 1. The summed E-state index contributed by atoms with van der Waals surface area (Å²) in [5, 5.41) is 2.72. The van der Waals surface area contributed by atoms with Gasteiger partial charge in [-0.25, -0.2) is 0 Å². The van der Waals surface area contributed by atoms with Crippen molar-refractivity contribution < 1.29 is 4.79 Å². The molecule has 0 aliphatic heterocycles. The monoisotopic (exact) mass is 192 g/mol. The van der Waals surface area contributed by atoms with Crippen LogP contribution in [0, 0.1) is 0 Å². The third kappa shape index (κ3) is 2.85. The first-order valence-electron chi connectivity index (χ1n) is 4.71. The first kappa shape index (κ1) is 10.7. The third-order valence-corrected chi connectivity index (χ3v) is 2.15. The average Bonchev–Trinajstić information content (AvgIpc) is 2.17. The van der Waals surface area contributed by atoms with Gasteiger partial charge >= 0.3 is 0 Å². The number of anilines is 1. The average molecular weight is 192 g/mol. The molecule has 0 aromatic heterocycles. The zero-order valence-corrected chi connectivity index (χ0v) is 8.58. The van der Waals surface area contributed by atoms with Crippen molar-refractivity contribution in [1.82, 2.24) is 0 Å². The normalized spacial score (nSPS) is 12.2. The van der Waals surface area contributed by atoms with E-state index in [0.717, 1.165) is 5.69 Å². The van der Waals surface area contributed by atoms with E-state index in [-0.39, 0.29) is 5.91 Å². The lowest BCUT2D eigenvalue weighted by molar-refractivity contribution is -0.114. The molecule has 0 heterocycles. The van der Waals surface area contributed by atoms with Crippen LogP contribution in [0.1, 0.15) is 25.3 Å². The van der Waals surface area contributed by atoms with Crippen LogP contribution in [0.15, 0.2) is 24.3 Å². The fourth-order valence-corrected chi connectivity index (χ4v) is 1.23. The van der Waals surface area contributed by atoms with Crippen molar-refractivity contribution in [3.8, 4) is 0 Å². The Morgan fingerprint density at radius 1 is 1.43 bits per heavy atom. The molecule has 3 heteroatoms. The maximum atomic E-state index is 10.8. The van der Waals surface area contributed by atoms with Gasteiger partial charge in [0, 0.05) is 12.6 Å². The summed E-state index contributed by atoms with van der Waals surface area (Å²) < 4.78 is 0. The summed E-state index contributed by atoms with van der Waals surface area (Å²) in [4.78, 5) is 10.8. The molecule has 0 fully saturated rings. The summed E-state index contributed by atoms with van der Waals surface area (Å²) in [6.07, 6.45) is 0. The second-order valence-corrected chi connectivity index (χ2v) is 3.44. The Hall–Kier alpha value is -1.35.